The van der Waals surface area contributed by atoms with Crippen LogP contribution < -0.4 is 5.32 Å². The van der Waals surface area contributed by atoms with E-state index in [1.165, 1.54) is 0 Å². The van der Waals surface area contributed by atoms with Gasteiger partial charge in [-0.05, 0) is 75.2 Å². The first-order valence-corrected chi connectivity index (χ1v) is 16.5. The Labute approximate surface area is 281 Å². The van der Waals surface area contributed by atoms with Crippen molar-refractivity contribution in [2.75, 3.05) is 46.2 Å². The fourth-order valence-electron chi connectivity index (χ4n) is 3.83. The Hall–Kier alpha value is -2.77. The van der Waals surface area contributed by atoms with Gasteiger partial charge in [0.2, 0.25) is 5.91 Å². The molecule has 274 valence electrons. The summed E-state index contributed by atoms with van der Waals surface area (Å²) in [7, 11) is 0. The summed E-state index contributed by atoms with van der Waals surface area (Å²) in [5.74, 6) is -2.10. The van der Waals surface area contributed by atoms with E-state index in [1.807, 2.05) is 6.92 Å². The van der Waals surface area contributed by atoms with E-state index < -0.39 is 46.2 Å². The number of ether oxygens (including phenoxy) is 7. The number of amides is 1. The average Bonchev–Trinajstić information content (AvgIpc) is 2.89. The summed E-state index contributed by atoms with van der Waals surface area (Å²) >= 11 is 0. The Morgan fingerprint density at radius 1 is 0.489 bits per heavy atom. The van der Waals surface area contributed by atoms with Gasteiger partial charge in [0.1, 0.15) is 22.3 Å². The predicted molar refractivity (Wildman–Crippen MR) is 174 cm³/mol. The van der Waals surface area contributed by atoms with Crippen molar-refractivity contribution in [2.24, 2.45) is 0 Å². The SMILES string of the molecule is CCCCOC(=O)CCCC(=O)NC(COCCC(=O)OC(C)(C)C)(COCCC(=O)OC(C)(C)C)COCCC(=O)OC(C)(C)C. The van der Waals surface area contributed by atoms with Crippen molar-refractivity contribution in [1.29, 1.82) is 0 Å². The van der Waals surface area contributed by atoms with Crippen molar-refractivity contribution in [2.45, 2.75) is 143 Å². The molecule has 0 heterocycles. The lowest BCUT2D eigenvalue weighted by Gasteiger charge is -2.34. The first-order chi connectivity index (χ1) is 21.7. The minimum Gasteiger partial charge on any atom is -0.466 e. The molecule has 0 aromatic heterocycles. The Kier molecular flexibility index (Phi) is 20.7. The smallest absolute Gasteiger partial charge is 0.308 e. The van der Waals surface area contributed by atoms with Crippen LogP contribution in [0.25, 0.3) is 0 Å². The van der Waals surface area contributed by atoms with Crippen LogP contribution in [-0.4, -0.2) is 98.4 Å². The lowest BCUT2D eigenvalue weighted by molar-refractivity contribution is -0.157. The van der Waals surface area contributed by atoms with E-state index in [4.69, 9.17) is 33.2 Å². The summed E-state index contributed by atoms with van der Waals surface area (Å²) in [4.78, 5) is 61.8. The second-order valence-corrected chi connectivity index (χ2v) is 14.4. The number of rotatable bonds is 23. The standard InChI is InChI=1S/C34H61NO12/c1-11-12-19-44-27(37)15-13-14-26(36)35-34(23-41-20-16-28(38)45-31(2,3)4,24-42-21-17-29(39)46-32(5,6)7)25-43-22-18-30(40)47-33(8,9)10/h11-25H2,1-10H3,(H,35,36). The number of esters is 4. The fourth-order valence-corrected chi connectivity index (χ4v) is 3.83. The van der Waals surface area contributed by atoms with Gasteiger partial charge in [0.15, 0.2) is 0 Å². The predicted octanol–water partition coefficient (Wildman–Crippen LogP) is 4.60. The molecule has 1 amide bonds. The summed E-state index contributed by atoms with van der Waals surface area (Å²) in [6, 6.07) is 0. The lowest BCUT2D eigenvalue weighted by Crippen LogP contribution is -2.58. The minimum absolute atomic E-state index is 0.00798. The Balaban J connectivity index is 5.65. The highest BCUT2D eigenvalue weighted by Crippen LogP contribution is 2.15. The van der Waals surface area contributed by atoms with E-state index in [-0.39, 0.29) is 84.1 Å². The number of carbonyl (C=O) groups excluding carboxylic acids is 5. The first kappa shape index (κ1) is 44.2. The molecular weight excluding hydrogens is 614 g/mol. The van der Waals surface area contributed by atoms with Gasteiger partial charge in [-0.3, -0.25) is 24.0 Å². The van der Waals surface area contributed by atoms with E-state index in [2.05, 4.69) is 5.32 Å². The van der Waals surface area contributed by atoms with Crippen molar-refractivity contribution in [3.05, 3.63) is 0 Å². The molecule has 0 atom stereocenters. The molecule has 0 radical (unpaired) electrons. The van der Waals surface area contributed by atoms with Gasteiger partial charge in [0.25, 0.3) is 0 Å². The number of hydrogen-bond donors (Lipinski definition) is 1. The number of nitrogens with one attached hydrogen (secondary N) is 1. The van der Waals surface area contributed by atoms with Crippen LogP contribution in [0, 0.1) is 0 Å². The third kappa shape index (κ3) is 26.9. The molecule has 0 aliphatic heterocycles. The Morgan fingerprint density at radius 2 is 0.872 bits per heavy atom. The zero-order valence-electron chi connectivity index (χ0n) is 30.5. The van der Waals surface area contributed by atoms with Crippen LogP contribution in [0.1, 0.15) is 121 Å². The second kappa shape index (κ2) is 22.0. The van der Waals surface area contributed by atoms with Gasteiger partial charge in [0, 0.05) is 12.8 Å². The molecule has 0 aliphatic rings. The maximum absolute atomic E-state index is 13.1. The summed E-state index contributed by atoms with van der Waals surface area (Å²) in [6.45, 7) is 17.8. The number of carbonyl (C=O) groups is 5. The van der Waals surface area contributed by atoms with Crippen molar-refractivity contribution in [1.82, 2.24) is 5.32 Å². The van der Waals surface area contributed by atoms with Gasteiger partial charge in [-0.25, -0.2) is 0 Å². The molecule has 0 spiro atoms. The van der Waals surface area contributed by atoms with E-state index >= 15 is 0 Å². The maximum Gasteiger partial charge on any atom is 0.308 e. The lowest BCUT2D eigenvalue weighted by atomic mass is 10.0. The highest BCUT2D eigenvalue weighted by atomic mass is 16.6. The zero-order chi connectivity index (χ0) is 36.2. The summed E-state index contributed by atoms with van der Waals surface area (Å²) in [5.41, 5.74) is -3.22. The molecule has 0 saturated carbocycles. The van der Waals surface area contributed by atoms with E-state index in [0.29, 0.717) is 6.61 Å². The second-order valence-electron chi connectivity index (χ2n) is 14.4. The van der Waals surface area contributed by atoms with Crippen LogP contribution in [0.15, 0.2) is 0 Å². The highest BCUT2D eigenvalue weighted by Gasteiger charge is 2.34. The minimum atomic E-state index is -1.27. The molecule has 0 saturated heterocycles. The number of unbranched alkanes of at least 4 members (excludes halogenated alkanes) is 1. The first-order valence-electron chi connectivity index (χ1n) is 16.5. The Morgan fingerprint density at radius 3 is 1.21 bits per heavy atom. The largest absolute Gasteiger partial charge is 0.466 e. The van der Waals surface area contributed by atoms with Crippen LogP contribution in [0.2, 0.25) is 0 Å². The summed E-state index contributed by atoms with van der Waals surface area (Å²) in [5, 5.41) is 2.92. The fraction of sp³-hybridized carbons (Fsp3) is 0.853. The quantitative estimate of drug-likeness (QED) is 0.0912. The maximum atomic E-state index is 13.1. The molecule has 13 heteroatoms. The highest BCUT2D eigenvalue weighted by molar-refractivity contribution is 5.78. The van der Waals surface area contributed by atoms with Gasteiger partial charge in [-0.2, -0.15) is 0 Å². The van der Waals surface area contributed by atoms with Crippen molar-refractivity contribution in [3.63, 3.8) is 0 Å². The van der Waals surface area contributed by atoms with Crippen molar-refractivity contribution < 1.29 is 57.1 Å². The Bertz CT molecular complexity index is 871. The van der Waals surface area contributed by atoms with Crippen LogP contribution in [0.4, 0.5) is 0 Å². The van der Waals surface area contributed by atoms with Crippen LogP contribution in [-0.2, 0) is 57.1 Å². The van der Waals surface area contributed by atoms with E-state index in [1.54, 1.807) is 62.3 Å². The molecule has 0 aromatic rings. The molecule has 1 N–H and O–H groups in total. The molecule has 0 aromatic carbocycles. The molecule has 0 rings (SSSR count). The van der Waals surface area contributed by atoms with Gasteiger partial charge < -0.3 is 38.5 Å². The molecule has 0 unspecified atom stereocenters. The van der Waals surface area contributed by atoms with Gasteiger partial charge >= 0.3 is 23.9 Å². The topological polar surface area (TPSA) is 162 Å². The molecule has 47 heavy (non-hydrogen) atoms. The van der Waals surface area contributed by atoms with Gasteiger partial charge in [0.05, 0.1) is 65.5 Å². The van der Waals surface area contributed by atoms with Crippen LogP contribution >= 0.6 is 0 Å². The van der Waals surface area contributed by atoms with Crippen LogP contribution in [0.5, 0.6) is 0 Å². The van der Waals surface area contributed by atoms with E-state index in [9.17, 15) is 24.0 Å². The van der Waals surface area contributed by atoms with Gasteiger partial charge in [-0.15, -0.1) is 0 Å². The number of hydrogen-bond acceptors (Lipinski definition) is 12. The molecule has 0 aliphatic carbocycles. The summed E-state index contributed by atoms with van der Waals surface area (Å²) < 4.78 is 38.7. The average molecular weight is 676 g/mol. The van der Waals surface area contributed by atoms with Crippen LogP contribution in [0.3, 0.4) is 0 Å². The molecule has 0 fully saturated rings. The third-order valence-corrected chi connectivity index (χ3v) is 5.70. The van der Waals surface area contributed by atoms with Gasteiger partial charge in [-0.1, -0.05) is 13.3 Å². The normalized spacial score (nSPS) is 12.3. The molecule has 0 bridgehead atoms. The van der Waals surface area contributed by atoms with E-state index in [0.717, 1.165) is 12.8 Å². The third-order valence-electron chi connectivity index (χ3n) is 5.70. The van der Waals surface area contributed by atoms with Crippen molar-refractivity contribution in [3.8, 4) is 0 Å². The summed E-state index contributed by atoms with van der Waals surface area (Å²) in [6.07, 6.45) is 1.93. The monoisotopic (exact) mass is 675 g/mol. The molecule has 13 nitrogen and oxygen atoms in total. The molecular formula is C34H61NO12. The zero-order valence-corrected chi connectivity index (χ0v) is 30.5. The van der Waals surface area contributed by atoms with Crippen molar-refractivity contribution >= 4 is 29.8 Å².